The Hall–Kier alpha value is -3.73. The zero-order chi connectivity index (χ0) is 30.1. The number of aromatic nitrogens is 4. The monoisotopic (exact) mass is 578 g/mol. The standard InChI is InChI=1S/C31H42N6O5/c1-30(2,3)42-29(40)32-18-22-8-11-23(12-9-22)27-25-26(34-35(27)4)28(39)37(20-33-25)19-31(41)14-16-36(17-15-31)24(38)13-10-21-6-5-7-21/h8-9,11-12,20-21,41H,5-7,10,13-19H2,1-4H3,(H,32,40). The molecular formula is C31H42N6O5. The summed E-state index contributed by atoms with van der Waals surface area (Å²) in [6.45, 7) is 6.84. The number of hydrogen-bond acceptors (Lipinski definition) is 7. The predicted octanol–water partition coefficient (Wildman–Crippen LogP) is 3.76. The number of amides is 2. The van der Waals surface area contributed by atoms with Gasteiger partial charge in [0.15, 0.2) is 5.52 Å². The van der Waals surface area contributed by atoms with Crippen LogP contribution in [-0.2, 0) is 29.7 Å². The van der Waals surface area contributed by atoms with Gasteiger partial charge in [0.2, 0.25) is 5.91 Å². The SMILES string of the molecule is Cn1nc2c(=O)n(CC3(O)CCN(C(=O)CCC4CCC4)CC3)cnc2c1-c1ccc(CNC(=O)OC(C)(C)C)cc1. The Bertz CT molecular complexity index is 1490. The number of aliphatic hydroxyl groups is 1. The number of benzene rings is 1. The van der Waals surface area contributed by atoms with Crippen molar-refractivity contribution in [1.82, 2.24) is 29.5 Å². The van der Waals surface area contributed by atoms with Crippen LogP contribution in [0.15, 0.2) is 35.4 Å². The second-order valence-electron chi connectivity index (χ2n) is 12.8. The van der Waals surface area contributed by atoms with Crippen LogP contribution in [0.25, 0.3) is 22.3 Å². The Morgan fingerprint density at radius 3 is 2.43 bits per heavy atom. The number of nitrogens with one attached hydrogen (secondary N) is 1. The van der Waals surface area contributed by atoms with Gasteiger partial charge in [0, 0.05) is 38.7 Å². The third kappa shape index (κ3) is 6.83. The van der Waals surface area contributed by atoms with Crippen molar-refractivity contribution in [2.24, 2.45) is 13.0 Å². The highest BCUT2D eigenvalue weighted by Gasteiger charge is 2.35. The van der Waals surface area contributed by atoms with Gasteiger partial charge in [-0.2, -0.15) is 5.10 Å². The van der Waals surface area contributed by atoms with Crippen LogP contribution in [0.4, 0.5) is 4.79 Å². The smallest absolute Gasteiger partial charge is 0.407 e. The Balaban J connectivity index is 1.23. The van der Waals surface area contributed by atoms with Gasteiger partial charge in [-0.1, -0.05) is 43.5 Å². The topological polar surface area (TPSA) is 132 Å². The van der Waals surface area contributed by atoms with Gasteiger partial charge < -0.3 is 20.1 Å². The number of aryl methyl sites for hydroxylation is 1. The number of piperidine rings is 1. The average Bonchev–Trinajstić information content (AvgIpc) is 3.24. The molecule has 1 aliphatic carbocycles. The van der Waals surface area contributed by atoms with Crippen LogP contribution in [0.5, 0.6) is 0 Å². The van der Waals surface area contributed by atoms with Crippen LogP contribution < -0.4 is 10.9 Å². The zero-order valence-corrected chi connectivity index (χ0v) is 25.1. The number of hydrogen-bond donors (Lipinski definition) is 2. The molecule has 5 rings (SSSR count). The van der Waals surface area contributed by atoms with Gasteiger partial charge >= 0.3 is 6.09 Å². The minimum Gasteiger partial charge on any atom is -0.444 e. The van der Waals surface area contributed by atoms with E-state index in [1.54, 1.807) is 11.7 Å². The molecule has 0 radical (unpaired) electrons. The Morgan fingerprint density at radius 1 is 1.12 bits per heavy atom. The normalized spacial score (nSPS) is 17.2. The van der Waals surface area contributed by atoms with Crippen molar-refractivity contribution in [1.29, 1.82) is 0 Å². The summed E-state index contributed by atoms with van der Waals surface area (Å²) in [7, 11) is 1.77. The van der Waals surface area contributed by atoms with E-state index in [9.17, 15) is 19.5 Å². The Labute approximate surface area is 245 Å². The minimum absolute atomic E-state index is 0.101. The molecule has 3 heterocycles. The Morgan fingerprint density at radius 2 is 1.81 bits per heavy atom. The van der Waals surface area contributed by atoms with E-state index in [4.69, 9.17) is 4.74 Å². The van der Waals surface area contributed by atoms with E-state index in [2.05, 4.69) is 15.4 Å². The molecule has 1 saturated carbocycles. The molecule has 1 aliphatic heterocycles. The van der Waals surface area contributed by atoms with Gasteiger partial charge in [0.25, 0.3) is 5.56 Å². The summed E-state index contributed by atoms with van der Waals surface area (Å²) in [4.78, 5) is 44.4. The van der Waals surface area contributed by atoms with Crippen LogP contribution in [0, 0.1) is 5.92 Å². The molecule has 2 fully saturated rings. The molecule has 0 unspecified atom stereocenters. The second-order valence-corrected chi connectivity index (χ2v) is 12.8. The number of rotatable bonds is 8. The lowest BCUT2D eigenvalue weighted by Crippen LogP contribution is -2.49. The number of carbonyl (C=O) groups excluding carboxylic acids is 2. The van der Waals surface area contributed by atoms with E-state index in [-0.39, 0.29) is 23.5 Å². The fraction of sp³-hybridized carbons (Fsp3) is 0.581. The summed E-state index contributed by atoms with van der Waals surface area (Å²) >= 11 is 0. The maximum absolute atomic E-state index is 13.4. The van der Waals surface area contributed by atoms with Crippen LogP contribution in [0.3, 0.4) is 0 Å². The number of carbonyl (C=O) groups is 2. The molecule has 42 heavy (non-hydrogen) atoms. The average molecular weight is 579 g/mol. The van der Waals surface area contributed by atoms with Gasteiger partial charge in [0.05, 0.1) is 24.2 Å². The van der Waals surface area contributed by atoms with Crippen LogP contribution >= 0.6 is 0 Å². The number of ether oxygens (including phenoxy) is 1. The summed E-state index contributed by atoms with van der Waals surface area (Å²) in [5.74, 6) is 0.863. The van der Waals surface area contributed by atoms with Crippen molar-refractivity contribution >= 4 is 23.0 Å². The summed E-state index contributed by atoms with van der Waals surface area (Å²) in [5, 5.41) is 18.5. The van der Waals surface area contributed by atoms with Crippen LogP contribution in [-0.4, -0.2) is 65.6 Å². The summed E-state index contributed by atoms with van der Waals surface area (Å²) in [6, 6.07) is 7.60. The highest BCUT2D eigenvalue weighted by Crippen LogP contribution is 2.31. The maximum Gasteiger partial charge on any atom is 0.407 e. The molecule has 0 atom stereocenters. The van der Waals surface area contributed by atoms with Crippen molar-refractivity contribution in [2.45, 2.75) is 90.0 Å². The van der Waals surface area contributed by atoms with Crippen molar-refractivity contribution in [3.8, 4) is 11.3 Å². The van der Waals surface area contributed by atoms with Crippen molar-refractivity contribution in [3.63, 3.8) is 0 Å². The first-order chi connectivity index (χ1) is 19.9. The van der Waals surface area contributed by atoms with Crippen molar-refractivity contribution in [3.05, 3.63) is 46.5 Å². The number of fused-ring (bicyclic) bond motifs is 1. The van der Waals surface area contributed by atoms with Crippen LogP contribution in [0.2, 0.25) is 0 Å². The molecule has 2 aromatic heterocycles. The van der Waals surface area contributed by atoms with Gasteiger partial charge in [0.1, 0.15) is 11.1 Å². The first kappa shape index (κ1) is 29.8. The third-order valence-electron chi connectivity index (χ3n) is 8.38. The zero-order valence-electron chi connectivity index (χ0n) is 25.1. The molecule has 1 saturated heterocycles. The first-order valence-corrected chi connectivity index (χ1v) is 14.9. The Kier molecular flexibility index (Phi) is 8.41. The highest BCUT2D eigenvalue weighted by atomic mass is 16.6. The maximum atomic E-state index is 13.4. The lowest BCUT2D eigenvalue weighted by atomic mass is 9.82. The molecule has 1 aromatic carbocycles. The molecule has 226 valence electrons. The molecule has 11 heteroatoms. The molecule has 2 aliphatic rings. The molecular weight excluding hydrogens is 536 g/mol. The van der Waals surface area contributed by atoms with E-state index >= 15 is 0 Å². The predicted molar refractivity (Wildman–Crippen MR) is 159 cm³/mol. The van der Waals surface area contributed by atoms with Gasteiger partial charge in [-0.25, -0.2) is 9.78 Å². The lowest BCUT2D eigenvalue weighted by molar-refractivity contribution is -0.136. The minimum atomic E-state index is -1.09. The van der Waals surface area contributed by atoms with Gasteiger partial charge in [-0.3, -0.25) is 18.8 Å². The summed E-state index contributed by atoms with van der Waals surface area (Å²) in [6.07, 6.45) is 7.11. The molecule has 11 nitrogen and oxygen atoms in total. The fourth-order valence-corrected chi connectivity index (χ4v) is 5.71. The molecule has 0 spiro atoms. The van der Waals surface area contributed by atoms with E-state index in [0.717, 1.165) is 17.5 Å². The second kappa shape index (κ2) is 11.9. The van der Waals surface area contributed by atoms with Gasteiger partial charge in [-0.05, 0) is 51.5 Å². The van der Waals surface area contributed by atoms with E-state index in [1.807, 2.05) is 49.9 Å². The van der Waals surface area contributed by atoms with E-state index in [0.29, 0.717) is 56.0 Å². The van der Waals surface area contributed by atoms with Crippen LogP contribution in [0.1, 0.15) is 71.3 Å². The first-order valence-electron chi connectivity index (χ1n) is 14.9. The number of likely N-dealkylation sites (tertiary alicyclic amines) is 1. The highest BCUT2D eigenvalue weighted by molar-refractivity contribution is 5.89. The quantitative estimate of drug-likeness (QED) is 0.416. The van der Waals surface area contributed by atoms with E-state index < -0.39 is 17.3 Å². The molecule has 0 bridgehead atoms. The molecule has 2 N–H and O–H groups in total. The fourth-order valence-electron chi connectivity index (χ4n) is 5.71. The number of nitrogens with zero attached hydrogens (tertiary/aromatic N) is 5. The van der Waals surface area contributed by atoms with Gasteiger partial charge in [-0.15, -0.1) is 0 Å². The third-order valence-corrected chi connectivity index (χ3v) is 8.38. The van der Waals surface area contributed by atoms with Crippen molar-refractivity contribution in [2.75, 3.05) is 13.1 Å². The lowest BCUT2D eigenvalue weighted by Gasteiger charge is -2.38. The summed E-state index contributed by atoms with van der Waals surface area (Å²) < 4.78 is 8.35. The molecule has 2 amide bonds. The van der Waals surface area contributed by atoms with Crippen molar-refractivity contribution < 1.29 is 19.4 Å². The molecule has 3 aromatic rings. The van der Waals surface area contributed by atoms with E-state index in [1.165, 1.54) is 30.2 Å². The largest absolute Gasteiger partial charge is 0.444 e. The number of alkyl carbamates (subject to hydrolysis) is 1. The summed E-state index contributed by atoms with van der Waals surface area (Å²) in [5.41, 5.74) is 1.18.